The third-order valence-corrected chi connectivity index (χ3v) is 7.49. The average Bonchev–Trinajstić information content (AvgIpc) is 3.43. The number of aromatic nitrogens is 2. The van der Waals surface area contributed by atoms with Crippen LogP contribution < -0.4 is 10.9 Å². The van der Waals surface area contributed by atoms with Crippen molar-refractivity contribution in [3.05, 3.63) is 68.9 Å². The lowest BCUT2D eigenvalue weighted by Crippen LogP contribution is -2.28. The van der Waals surface area contributed by atoms with E-state index in [2.05, 4.69) is 10.3 Å². The molecule has 4 rings (SSSR count). The molecule has 0 saturated carbocycles. The molecule has 0 unspecified atom stereocenters. The van der Waals surface area contributed by atoms with E-state index in [0.29, 0.717) is 34.9 Å². The number of halogens is 1. The number of thioether (sulfide) groups is 1. The summed E-state index contributed by atoms with van der Waals surface area (Å²) in [6.07, 6.45) is 0.626. The van der Waals surface area contributed by atoms with Gasteiger partial charge in [0.2, 0.25) is 5.91 Å². The van der Waals surface area contributed by atoms with Gasteiger partial charge in [-0.3, -0.25) is 14.2 Å². The van der Waals surface area contributed by atoms with E-state index in [0.717, 1.165) is 16.0 Å². The molecule has 5 nitrogen and oxygen atoms in total. The summed E-state index contributed by atoms with van der Waals surface area (Å²) in [7, 11) is 0. The lowest BCUT2D eigenvalue weighted by molar-refractivity contribution is -0.118. The molecule has 3 aromatic heterocycles. The second-order valence-corrected chi connectivity index (χ2v) is 9.51. The molecular formula is C22H20FN3O2S3. The summed E-state index contributed by atoms with van der Waals surface area (Å²) >= 11 is 4.31. The second-order valence-electron chi connectivity index (χ2n) is 6.77. The quantitative estimate of drug-likeness (QED) is 0.295. The number of nitrogens with one attached hydrogen (secondary N) is 1. The van der Waals surface area contributed by atoms with Gasteiger partial charge in [-0.05, 0) is 42.5 Å². The highest BCUT2D eigenvalue weighted by atomic mass is 32.2. The van der Waals surface area contributed by atoms with Crippen LogP contribution in [-0.4, -0.2) is 27.8 Å². The fourth-order valence-electron chi connectivity index (χ4n) is 3.19. The predicted octanol–water partition coefficient (Wildman–Crippen LogP) is 4.80. The molecule has 0 fully saturated rings. The smallest absolute Gasteiger partial charge is 0.263 e. The van der Waals surface area contributed by atoms with E-state index in [4.69, 9.17) is 0 Å². The highest BCUT2D eigenvalue weighted by molar-refractivity contribution is 7.99. The molecule has 160 valence electrons. The summed E-state index contributed by atoms with van der Waals surface area (Å²) in [5.74, 6) is -0.233. The minimum absolute atomic E-state index is 0.0728. The summed E-state index contributed by atoms with van der Waals surface area (Å²) in [5, 5.41) is 8.02. The highest BCUT2D eigenvalue weighted by Gasteiger charge is 2.17. The van der Waals surface area contributed by atoms with E-state index in [1.165, 1.54) is 35.2 Å². The number of hydrogen-bond donors (Lipinski definition) is 1. The lowest BCUT2D eigenvalue weighted by atomic mass is 10.1. The van der Waals surface area contributed by atoms with Gasteiger partial charge in [-0.1, -0.05) is 30.0 Å². The maximum absolute atomic E-state index is 13.1. The molecule has 0 aliphatic rings. The zero-order valence-corrected chi connectivity index (χ0v) is 19.2. The van der Waals surface area contributed by atoms with Gasteiger partial charge in [0, 0.05) is 28.9 Å². The molecule has 3 heterocycles. The largest absolute Gasteiger partial charge is 0.355 e. The molecule has 1 N–H and O–H groups in total. The van der Waals surface area contributed by atoms with Crippen molar-refractivity contribution in [2.45, 2.75) is 25.0 Å². The number of carbonyl (C=O) groups is 1. The Bertz CT molecular complexity index is 1250. The normalized spacial score (nSPS) is 11.2. The fraction of sp³-hybridized carbons (Fsp3) is 0.227. The van der Waals surface area contributed by atoms with Gasteiger partial charge in [0.15, 0.2) is 5.16 Å². The van der Waals surface area contributed by atoms with Gasteiger partial charge in [-0.2, -0.15) is 0 Å². The van der Waals surface area contributed by atoms with E-state index >= 15 is 0 Å². The molecule has 1 aromatic carbocycles. The zero-order valence-electron chi connectivity index (χ0n) is 16.8. The molecule has 1 amide bonds. The number of nitrogens with zero attached hydrogens (tertiary/aromatic N) is 2. The van der Waals surface area contributed by atoms with Crippen LogP contribution in [0.3, 0.4) is 0 Å². The minimum Gasteiger partial charge on any atom is -0.355 e. The van der Waals surface area contributed by atoms with Crippen molar-refractivity contribution >= 4 is 50.6 Å². The van der Waals surface area contributed by atoms with E-state index in [9.17, 15) is 14.0 Å². The molecule has 31 heavy (non-hydrogen) atoms. The number of hydrogen-bond acceptors (Lipinski definition) is 6. The molecule has 4 aromatic rings. The van der Waals surface area contributed by atoms with Crippen molar-refractivity contribution in [2.75, 3.05) is 12.3 Å². The van der Waals surface area contributed by atoms with Crippen LogP contribution in [0.4, 0.5) is 4.39 Å². The Morgan fingerprint density at radius 3 is 2.74 bits per heavy atom. The maximum atomic E-state index is 13.1. The third-order valence-electron chi connectivity index (χ3n) is 4.74. The topological polar surface area (TPSA) is 64.0 Å². The van der Waals surface area contributed by atoms with Crippen molar-refractivity contribution in [1.29, 1.82) is 0 Å². The summed E-state index contributed by atoms with van der Waals surface area (Å²) in [4.78, 5) is 31.8. The van der Waals surface area contributed by atoms with E-state index in [-0.39, 0.29) is 23.0 Å². The van der Waals surface area contributed by atoms with Gasteiger partial charge in [-0.25, -0.2) is 9.37 Å². The molecule has 0 bridgehead atoms. The van der Waals surface area contributed by atoms with E-state index in [1.807, 2.05) is 29.8 Å². The van der Waals surface area contributed by atoms with Gasteiger partial charge in [-0.15, -0.1) is 22.7 Å². The first-order valence-electron chi connectivity index (χ1n) is 9.76. The van der Waals surface area contributed by atoms with E-state index < -0.39 is 0 Å². The van der Waals surface area contributed by atoms with Crippen molar-refractivity contribution in [2.24, 2.45) is 0 Å². The number of benzene rings is 1. The van der Waals surface area contributed by atoms with Crippen LogP contribution in [0.15, 0.2) is 57.1 Å². The molecular weight excluding hydrogens is 453 g/mol. The average molecular weight is 474 g/mol. The maximum Gasteiger partial charge on any atom is 0.263 e. The summed E-state index contributed by atoms with van der Waals surface area (Å²) in [6.45, 7) is 2.85. The Hall–Kier alpha value is -2.49. The standard InChI is InChI=1S/C22H20FN3O2S3/c1-2-26-21(28)19-16(17-4-3-11-29-17)12-30-20(19)25-22(26)31-13-18(27)24-10-9-14-5-7-15(23)8-6-14/h3-8,11-12H,2,9-10,13H2,1H3,(H,24,27). The number of rotatable bonds is 8. The zero-order chi connectivity index (χ0) is 21.8. The summed E-state index contributed by atoms with van der Waals surface area (Å²) < 4.78 is 14.6. The molecule has 0 radical (unpaired) electrons. The Morgan fingerprint density at radius 1 is 1.23 bits per heavy atom. The van der Waals surface area contributed by atoms with Crippen LogP contribution in [-0.2, 0) is 17.8 Å². The van der Waals surface area contributed by atoms with Crippen LogP contribution in [0.2, 0.25) is 0 Å². The molecule has 0 atom stereocenters. The lowest BCUT2D eigenvalue weighted by Gasteiger charge is -2.10. The van der Waals surface area contributed by atoms with Crippen molar-refractivity contribution in [3.8, 4) is 10.4 Å². The van der Waals surface area contributed by atoms with Gasteiger partial charge in [0.25, 0.3) is 5.56 Å². The Balaban J connectivity index is 1.44. The Kier molecular flexibility index (Phi) is 6.84. The predicted molar refractivity (Wildman–Crippen MR) is 127 cm³/mol. The molecule has 0 spiro atoms. The first kappa shape index (κ1) is 21.7. The van der Waals surface area contributed by atoms with Gasteiger partial charge >= 0.3 is 0 Å². The SMILES string of the molecule is CCn1c(SCC(=O)NCCc2ccc(F)cc2)nc2scc(-c3cccs3)c2c1=O. The number of amides is 1. The molecule has 0 aliphatic carbocycles. The van der Waals surface area contributed by atoms with Gasteiger partial charge in [0.1, 0.15) is 10.6 Å². The number of fused-ring (bicyclic) bond motifs is 1. The highest BCUT2D eigenvalue weighted by Crippen LogP contribution is 2.34. The van der Waals surface area contributed by atoms with Crippen molar-refractivity contribution < 1.29 is 9.18 Å². The summed E-state index contributed by atoms with van der Waals surface area (Å²) in [5.41, 5.74) is 1.81. The van der Waals surface area contributed by atoms with Crippen molar-refractivity contribution in [1.82, 2.24) is 14.9 Å². The van der Waals surface area contributed by atoms with Crippen molar-refractivity contribution in [3.63, 3.8) is 0 Å². The molecule has 0 saturated heterocycles. The van der Waals surface area contributed by atoms with Crippen LogP contribution in [0.1, 0.15) is 12.5 Å². The molecule has 9 heteroatoms. The minimum atomic E-state index is -0.274. The number of carbonyl (C=O) groups excluding carboxylic acids is 1. The van der Waals surface area contributed by atoms with Crippen LogP contribution in [0.5, 0.6) is 0 Å². The van der Waals surface area contributed by atoms with Crippen LogP contribution in [0, 0.1) is 5.82 Å². The second kappa shape index (κ2) is 9.76. The first-order valence-corrected chi connectivity index (χ1v) is 12.5. The van der Waals surface area contributed by atoms with Gasteiger partial charge in [0.05, 0.1) is 11.1 Å². The fourth-order valence-corrected chi connectivity index (χ4v) is 5.88. The Labute approximate surface area is 191 Å². The van der Waals surface area contributed by atoms with Gasteiger partial charge < -0.3 is 5.32 Å². The number of thiophene rings is 2. The Morgan fingerprint density at radius 2 is 2.03 bits per heavy atom. The summed E-state index contributed by atoms with van der Waals surface area (Å²) in [6, 6.07) is 10.2. The van der Waals surface area contributed by atoms with Crippen LogP contribution >= 0.6 is 34.4 Å². The monoisotopic (exact) mass is 473 g/mol. The third kappa shape index (κ3) is 4.89. The van der Waals surface area contributed by atoms with Crippen LogP contribution in [0.25, 0.3) is 20.7 Å². The molecule has 0 aliphatic heterocycles. The first-order chi connectivity index (χ1) is 15.1. The van der Waals surface area contributed by atoms with E-state index in [1.54, 1.807) is 28.0 Å².